The van der Waals surface area contributed by atoms with Crippen molar-refractivity contribution in [3.05, 3.63) is 36.4 Å². The summed E-state index contributed by atoms with van der Waals surface area (Å²) in [5.41, 5.74) is 6.72. The summed E-state index contributed by atoms with van der Waals surface area (Å²) in [6, 6.07) is 5.92. The minimum Gasteiger partial charge on any atom is -0.398 e. The molecule has 19 heavy (non-hydrogen) atoms. The molecule has 0 unspecified atom stereocenters. The van der Waals surface area contributed by atoms with Crippen molar-refractivity contribution in [3.8, 4) is 0 Å². The molecule has 0 fully saturated rings. The van der Waals surface area contributed by atoms with Crippen LogP contribution in [0.4, 0.5) is 5.69 Å². The number of nitrogen functional groups attached to an aromatic ring is 1. The lowest BCUT2D eigenvalue weighted by atomic mass is 10.1. The fraction of sp³-hybridized carbons (Fsp3) is 0.154. The first kappa shape index (κ1) is 12.4. The summed E-state index contributed by atoms with van der Waals surface area (Å²) in [6.07, 6.45) is 4.44. The summed E-state index contributed by atoms with van der Waals surface area (Å²) in [5.74, 6) is 0.897. The first-order valence-electron chi connectivity index (χ1n) is 5.90. The molecule has 2 N–H and O–H groups in total. The van der Waals surface area contributed by atoms with Gasteiger partial charge in [-0.2, -0.15) is 4.37 Å². The smallest absolute Gasteiger partial charge is 0.174 e. The predicted molar refractivity (Wildman–Crippen MR) is 79.6 cm³/mol. The van der Waals surface area contributed by atoms with Crippen molar-refractivity contribution in [2.75, 3.05) is 5.73 Å². The van der Waals surface area contributed by atoms with Gasteiger partial charge in [0.05, 0.1) is 0 Å². The number of aryl methyl sites for hydroxylation is 1. The molecule has 0 saturated heterocycles. The standard InChI is InChI=1S/C13H12N4S2/c1-2-12-16-13(19-17-12)18-11-4-3-10(14)9-7-15-6-5-8(9)11/h3-7H,2,14H2,1H3. The van der Waals surface area contributed by atoms with Crippen LogP contribution in [0.15, 0.2) is 39.8 Å². The van der Waals surface area contributed by atoms with Gasteiger partial charge in [-0.3, -0.25) is 4.98 Å². The van der Waals surface area contributed by atoms with Crippen LogP contribution in [0.3, 0.4) is 0 Å². The topological polar surface area (TPSA) is 64.7 Å². The maximum absolute atomic E-state index is 5.97. The van der Waals surface area contributed by atoms with Crippen LogP contribution in [0.1, 0.15) is 12.7 Å². The highest BCUT2D eigenvalue weighted by Crippen LogP contribution is 2.35. The average Bonchev–Trinajstić information content (AvgIpc) is 2.90. The third kappa shape index (κ3) is 2.41. The Bertz CT molecular complexity index is 723. The van der Waals surface area contributed by atoms with Gasteiger partial charge in [-0.25, -0.2) is 4.98 Å². The first-order valence-corrected chi connectivity index (χ1v) is 7.49. The Kier molecular flexibility index (Phi) is 3.35. The van der Waals surface area contributed by atoms with Crippen LogP contribution in [0.25, 0.3) is 10.8 Å². The zero-order valence-corrected chi connectivity index (χ0v) is 12.0. The molecule has 0 amide bonds. The van der Waals surface area contributed by atoms with E-state index in [2.05, 4.69) is 21.3 Å². The third-order valence-corrected chi connectivity index (χ3v) is 4.64. The van der Waals surface area contributed by atoms with Gasteiger partial charge in [-0.15, -0.1) is 0 Å². The van der Waals surface area contributed by atoms with Gasteiger partial charge < -0.3 is 5.73 Å². The van der Waals surface area contributed by atoms with E-state index in [0.717, 1.165) is 37.9 Å². The van der Waals surface area contributed by atoms with Crippen molar-refractivity contribution in [2.24, 2.45) is 0 Å². The lowest BCUT2D eigenvalue weighted by Crippen LogP contribution is -1.89. The summed E-state index contributed by atoms with van der Waals surface area (Å²) in [6.45, 7) is 2.06. The van der Waals surface area contributed by atoms with E-state index in [1.165, 1.54) is 11.5 Å². The van der Waals surface area contributed by atoms with Crippen LogP contribution in [0.5, 0.6) is 0 Å². The monoisotopic (exact) mass is 288 g/mol. The van der Waals surface area contributed by atoms with Crippen molar-refractivity contribution >= 4 is 39.8 Å². The SMILES string of the molecule is CCc1nsc(Sc2ccc(N)c3cnccc23)n1. The molecule has 0 atom stereocenters. The van der Waals surface area contributed by atoms with E-state index in [4.69, 9.17) is 5.73 Å². The van der Waals surface area contributed by atoms with E-state index in [0.29, 0.717) is 0 Å². The third-order valence-electron chi connectivity index (χ3n) is 2.77. The van der Waals surface area contributed by atoms with E-state index in [1.807, 2.05) is 18.2 Å². The Balaban J connectivity index is 2.03. The average molecular weight is 288 g/mol. The van der Waals surface area contributed by atoms with Crippen LogP contribution < -0.4 is 5.73 Å². The van der Waals surface area contributed by atoms with E-state index in [9.17, 15) is 0 Å². The number of benzene rings is 1. The zero-order chi connectivity index (χ0) is 13.2. The van der Waals surface area contributed by atoms with Crippen LogP contribution in [0.2, 0.25) is 0 Å². The highest BCUT2D eigenvalue weighted by Gasteiger charge is 2.09. The molecule has 0 radical (unpaired) electrons. The van der Waals surface area contributed by atoms with Crippen molar-refractivity contribution in [1.82, 2.24) is 14.3 Å². The van der Waals surface area contributed by atoms with Crippen LogP contribution in [-0.2, 0) is 6.42 Å². The second kappa shape index (κ2) is 5.14. The Morgan fingerprint density at radius 1 is 1.26 bits per heavy atom. The number of hydrogen-bond acceptors (Lipinski definition) is 6. The van der Waals surface area contributed by atoms with Gasteiger partial charge in [0.15, 0.2) is 4.34 Å². The number of anilines is 1. The molecule has 0 saturated carbocycles. The van der Waals surface area contributed by atoms with Crippen molar-refractivity contribution in [3.63, 3.8) is 0 Å². The van der Waals surface area contributed by atoms with E-state index in [1.54, 1.807) is 24.2 Å². The van der Waals surface area contributed by atoms with Crippen LogP contribution in [-0.4, -0.2) is 14.3 Å². The van der Waals surface area contributed by atoms with Gasteiger partial charge in [0.1, 0.15) is 5.82 Å². The molecule has 4 nitrogen and oxygen atoms in total. The number of pyridine rings is 1. The molecular weight excluding hydrogens is 276 g/mol. The predicted octanol–water partition coefficient (Wildman–Crippen LogP) is 3.38. The number of nitrogens with two attached hydrogens (primary N) is 1. The first-order chi connectivity index (χ1) is 9.28. The largest absolute Gasteiger partial charge is 0.398 e. The summed E-state index contributed by atoms with van der Waals surface area (Å²) >= 11 is 3.06. The Hall–Kier alpha value is -1.66. The molecule has 2 heterocycles. The highest BCUT2D eigenvalue weighted by atomic mass is 32.2. The van der Waals surface area contributed by atoms with Gasteiger partial charge in [0.25, 0.3) is 0 Å². The maximum Gasteiger partial charge on any atom is 0.174 e. The normalized spacial score (nSPS) is 11.0. The quantitative estimate of drug-likeness (QED) is 0.748. The molecule has 1 aromatic carbocycles. The zero-order valence-electron chi connectivity index (χ0n) is 10.3. The maximum atomic E-state index is 5.97. The Morgan fingerprint density at radius 3 is 2.95 bits per heavy atom. The van der Waals surface area contributed by atoms with Crippen molar-refractivity contribution < 1.29 is 0 Å². The number of rotatable bonds is 3. The summed E-state index contributed by atoms with van der Waals surface area (Å²) in [4.78, 5) is 9.73. The number of aromatic nitrogens is 3. The minimum atomic E-state index is 0.749. The van der Waals surface area contributed by atoms with Crippen molar-refractivity contribution in [1.29, 1.82) is 0 Å². The summed E-state index contributed by atoms with van der Waals surface area (Å²) < 4.78 is 5.26. The van der Waals surface area contributed by atoms with Gasteiger partial charge in [0, 0.05) is 40.2 Å². The van der Waals surface area contributed by atoms with Crippen molar-refractivity contribution in [2.45, 2.75) is 22.6 Å². The summed E-state index contributed by atoms with van der Waals surface area (Å²) in [7, 11) is 0. The van der Waals surface area contributed by atoms with Gasteiger partial charge >= 0.3 is 0 Å². The number of nitrogens with zero attached hydrogens (tertiary/aromatic N) is 3. The summed E-state index contributed by atoms with van der Waals surface area (Å²) in [5, 5.41) is 2.08. The van der Waals surface area contributed by atoms with E-state index < -0.39 is 0 Å². The van der Waals surface area contributed by atoms with Gasteiger partial charge in [0.2, 0.25) is 0 Å². The second-order valence-electron chi connectivity index (χ2n) is 4.01. The van der Waals surface area contributed by atoms with Gasteiger partial charge in [-0.05, 0) is 29.7 Å². The molecule has 3 rings (SSSR count). The lowest BCUT2D eigenvalue weighted by molar-refractivity contribution is 0.972. The van der Waals surface area contributed by atoms with E-state index >= 15 is 0 Å². The highest BCUT2D eigenvalue weighted by molar-refractivity contribution is 8.01. The molecule has 0 aliphatic rings. The van der Waals surface area contributed by atoms with Crippen LogP contribution >= 0.6 is 23.3 Å². The number of fused-ring (bicyclic) bond motifs is 1. The van der Waals surface area contributed by atoms with Crippen LogP contribution in [0, 0.1) is 0 Å². The molecule has 3 aromatic rings. The Labute approximate surface area is 119 Å². The molecular formula is C13H12N4S2. The van der Waals surface area contributed by atoms with Gasteiger partial charge in [-0.1, -0.05) is 18.7 Å². The number of hydrogen-bond donors (Lipinski definition) is 1. The molecule has 6 heteroatoms. The fourth-order valence-corrected chi connectivity index (χ4v) is 3.58. The molecule has 0 bridgehead atoms. The molecule has 2 aromatic heterocycles. The molecule has 0 aliphatic carbocycles. The molecule has 96 valence electrons. The minimum absolute atomic E-state index is 0.749. The molecule has 0 spiro atoms. The lowest BCUT2D eigenvalue weighted by Gasteiger charge is -2.06. The fourth-order valence-electron chi connectivity index (χ4n) is 1.79. The molecule has 0 aliphatic heterocycles. The Morgan fingerprint density at radius 2 is 2.16 bits per heavy atom. The van der Waals surface area contributed by atoms with E-state index in [-0.39, 0.29) is 0 Å². The second-order valence-corrected chi connectivity index (χ2v) is 6.05.